The van der Waals surface area contributed by atoms with Gasteiger partial charge in [0.25, 0.3) is 0 Å². The van der Waals surface area contributed by atoms with Crippen molar-refractivity contribution in [3.8, 4) is 11.8 Å². The minimum absolute atomic E-state index is 0.324. The van der Waals surface area contributed by atoms with Crippen LogP contribution in [0.4, 0.5) is 0 Å². The van der Waals surface area contributed by atoms with Crippen LogP contribution >= 0.6 is 0 Å². The first-order valence-corrected chi connectivity index (χ1v) is 5.83. The average molecular weight is 258 g/mol. The van der Waals surface area contributed by atoms with Gasteiger partial charge in [-0.25, -0.2) is 4.79 Å². The number of aryl methyl sites for hydroxylation is 1. The van der Waals surface area contributed by atoms with E-state index in [1.807, 2.05) is 18.2 Å². The van der Waals surface area contributed by atoms with Gasteiger partial charge in [-0.3, -0.25) is 0 Å². The third-order valence-corrected chi connectivity index (χ3v) is 2.95. The molecule has 0 fully saturated rings. The van der Waals surface area contributed by atoms with Crippen molar-refractivity contribution in [1.82, 2.24) is 4.57 Å². The van der Waals surface area contributed by atoms with Crippen LogP contribution in [0, 0.1) is 11.3 Å². The molecule has 0 spiro atoms. The number of hydrogen-bond acceptors (Lipinski definition) is 4. The smallest absolute Gasteiger partial charge is 0.354 e. The summed E-state index contributed by atoms with van der Waals surface area (Å²) in [6.07, 6.45) is 0.324. The van der Waals surface area contributed by atoms with E-state index in [0.29, 0.717) is 24.4 Å². The minimum atomic E-state index is -0.409. The lowest BCUT2D eigenvalue weighted by Gasteiger charge is -2.07. The van der Waals surface area contributed by atoms with Gasteiger partial charge in [0.1, 0.15) is 11.4 Å². The van der Waals surface area contributed by atoms with Gasteiger partial charge in [-0.15, -0.1) is 0 Å². The van der Waals surface area contributed by atoms with Gasteiger partial charge in [-0.1, -0.05) is 0 Å². The minimum Gasteiger partial charge on any atom is -0.497 e. The molecule has 0 unspecified atom stereocenters. The van der Waals surface area contributed by atoms with Crippen LogP contribution in [0.15, 0.2) is 24.3 Å². The summed E-state index contributed by atoms with van der Waals surface area (Å²) >= 11 is 0. The van der Waals surface area contributed by atoms with Crippen LogP contribution < -0.4 is 4.74 Å². The molecule has 1 aromatic carbocycles. The molecule has 0 saturated carbocycles. The summed E-state index contributed by atoms with van der Waals surface area (Å²) in [6.45, 7) is 0.442. The van der Waals surface area contributed by atoms with Gasteiger partial charge in [0.2, 0.25) is 0 Å². The highest BCUT2D eigenvalue weighted by Gasteiger charge is 2.16. The number of hydrogen-bond donors (Lipinski definition) is 0. The number of carbonyl (C=O) groups is 1. The lowest BCUT2D eigenvalue weighted by molar-refractivity contribution is 0.0589. The first-order chi connectivity index (χ1) is 9.21. The quantitative estimate of drug-likeness (QED) is 0.790. The summed E-state index contributed by atoms with van der Waals surface area (Å²) in [5.41, 5.74) is 1.30. The maximum absolute atomic E-state index is 11.8. The molecule has 0 atom stereocenters. The standard InChI is InChI=1S/C14H14N2O3/c1-18-11-5-4-10-8-13(14(17)19-2)16(7-3-6-15)12(10)9-11/h4-5,8-9H,3,7H2,1-2H3. The Kier molecular flexibility index (Phi) is 3.71. The predicted octanol–water partition coefficient (Wildman–Crippen LogP) is 2.35. The molecule has 2 aromatic rings. The molecule has 2 rings (SSSR count). The number of carbonyl (C=O) groups excluding carboxylic acids is 1. The highest BCUT2D eigenvalue weighted by atomic mass is 16.5. The molecule has 5 heteroatoms. The predicted molar refractivity (Wildman–Crippen MR) is 70.1 cm³/mol. The molecule has 0 N–H and O–H groups in total. The molecule has 98 valence electrons. The van der Waals surface area contributed by atoms with Crippen molar-refractivity contribution in [2.75, 3.05) is 14.2 Å². The van der Waals surface area contributed by atoms with Crippen LogP contribution in [-0.4, -0.2) is 24.8 Å². The number of ether oxygens (including phenoxy) is 2. The second-order valence-corrected chi connectivity index (χ2v) is 4.01. The van der Waals surface area contributed by atoms with Gasteiger partial charge >= 0.3 is 5.97 Å². The fourth-order valence-electron chi connectivity index (χ4n) is 2.04. The van der Waals surface area contributed by atoms with Crippen LogP contribution in [0.1, 0.15) is 16.9 Å². The normalized spacial score (nSPS) is 10.2. The van der Waals surface area contributed by atoms with Gasteiger partial charge in [-0.05, 0) is 18.2 Å². The SMILES string of the molecule is COC(=O)c1cc2ccc(OC)cc2n1CCC#N. The topological polar surface area (TPSA) is 64.2 Å². The molecule has 1 aromatic heterocycles. The lowest BCUT2D eigenvalue weighted by atomic mass is 10.2. The first-order valence-electron chi connectivity index (χ1n) is 5.83. The van der Waals surface area contributed by atoms with Crippen molar-refractivity contribution in [1.29, 1.82) is 5.26 Å². The van der Waals surface area contributed by atoms with Crippen molar-refractivity contribution in [3.63, 3.8) is 0 Å². The Morgan fingerprint density at radius 2 is 2.16 bits per heavy atom. The Morgan fingerprint density at radius 3 is 2.79 bits per heavy atom. The van der Waals surface area contributed by atoms with Crippen LogP contribution in [0.2, 0.25) is 0 Å². The maximum Gasteiger partial charge on any atom is 0.354 e. The third-order valence-electron chi connectivity index (χ3n) is 2.95. The van der Waals surface area contributed by atoms with Gasteiger partial charge in [-0.2, -0.15) is 5.26 Å². The van der Waals surface area contributed by atoms with E-state index in [9.17, 15) is 4.79 Å². The van der Waals surface area contributed by atoms with E-state index in [0.717, 1.165) is 10.9 Å². The second-order valence-electron chi connectivity index (χ2n) is 4.01. The zero-order valence-electron chi connectivity index (χ0n) is 10.8. The number of fused-ring (bicyclic) bond motifs is 1. The highest BCUT2D eigenvalue weighted by molar-refractivity contribution is 5.96. The number of methoxy groups -OCH3 is 2. The molecule has 5 nitrogen and oxygen atoms in total. The van der Waals surface area contributed by atoms with E-state index in [2.05, 4.69) is 6.07 Å². The molecule has 0 amide bonds. The number of nitrogens with zero attached hydrogens (tertiary/aromatic N) is 2. The fraction of sp³-hybridized carbons (Fsp3) is 0.286. The number of rotatable bonds is 4. The summed E-state index contributed by atoms with van der Waals surface area (Å²) in [5.74, 6) is 0.299. The second kappa shape index (κ2) is 5.44. The Morgan fingerprint density at radius 1 is 1.37 bits per heavy atom. The van der Waals surface area contributed by atoms with E-state index in [-0.39, 0.29) is 0 Å². The Labute approximate surface area is 111 Å². The molecule has 0 aliphatic carbocycles. The molecule has 19 heavy (non-hydrogen) atoms. The summed E-state index contributed by atoms with van der Waals surface area (Å²) in [7, 11) is 2.93. The Hall–Kier alpha value is -2.48. The summed E-state index contributed by atoms with van der Waals surface area (Å²) in [5, 5.41) is 9.64. The Bertz CT molecular complexity index is 652. The van der Waals surface area contributed by atoms with E-state index < -0.39 is 5.97 Å². The number of nitriles is 1. The largest absolute Gasteiger partial charge is 0.497 e. The first kappa shape index (κ1) is 13.0. The number of esters is 1. The molecule has 0 aliphatic rings. The van der Waals surface area contributed by atoms with Crippen LogP contribution in [-0.2, 0) is 11.3 Å². The van der Waals surface area contributed by atoms with Crippen LogP contribution in [0.25, 0.3) is 10.9 Å². The lowest BCUT2D eigenvalue weighted by Crippen LogP contribution is -2.10. The van der Waals surface area contributed by atoms with E-state index in [1.54, 1.807) is 17.7 Å². The number of benzene rings is 1. The third kappa shape index (κ3) is 2.38. The van der Waals surface area contributed by atoms with Crippen molar-refractivity contribution >= 4 is 16.9 Å². The summed E-state index contributed by atoms with van der Waals surface area (Å²) < 4.78 is 11.7. The van der Waals surface area contributed by atoms with Gasteiger partial charge in [0, 0.05) is 18.0 Å². The molecule has 0 saturated heterocycles. The molecule has 1 heterocycles. The van der Waals surface area contributed by atoms with Crippen molar-refractivity contribution in [2.45, 2.75) is 13.0 Å². The fourth-order valence-corrected chi connectivity index (χ4v) is 2.04. The molecular weight excluding hydrogens is 244 g/mol. The van der Waals surface area contributed by atoms with Crippen LogP contribution in [0.3, 0.4) is 0 Å². The van der Waals surface area contributed by atoms with Gasteiger partial charge < -0.3 is 14.0 Å². The van der Waals surface area contributed by atoms with Crippen molar-refractivity contribution < 1.29 is 14.3 Å². The zero-order valence-corrected chi connectivity index (χ0v) is 10.8. The van der Waals surface area contributed by atoms with Crippen molar-refractivity contribution in [2.24, 2.45) is 0 Å². The van der Waals surface area contributed by atoms with Gasteiger partial charge in [0.05, 0.1) is 32.2 Å². The van der Waals surface area contributed by atoms with Crippen LogP contribution in [0.5, 0.6) is 5.75 Å². The number of aromatic nitrogens is 1. The van der Waals surface area contributed by atoms with Gasteiger partial charge in [0.15, 0.2) is 0 Å². The average Bonchev–Trinajstić information content (AvgIpc) is 2.81. The van der Waals surface area contributed by atoms with Crippen molar-refractivity contribution in [3.05, 3.63) is 30.0 Å². The molecular formula is C14H14N2O3. The molecule has 0 radical (unpaired) electrons. The Balaban J connectivity index is 2.60. The summed E-state index contributed by atoms with van der Waals surface area (Å²) in [4.78, 5) is 11.8. The van der Waals surface area contributed by atoms with E-state index in [4.69, 9.17) is 14.7 Å². The van der Waals surface area contributed by atoms with E-state index in [1.165, 1.54) is 7.11 Å². The molecule has 0 aliphatic heterocycles. The summed E-state index contributed by atoms with van der Waals surface area (Å²) in [6, 6.07) is 9.40. The zero-order chi connectivity index (χ0) is 13.8. The van der Waals surface area contributed by atoms with E-state index >= 15 is 0 Å². The molecule has 0 bridgehead atoms. The highest BCUT2D eigenvalue weighted by Crippen LogP contribution is 2.25. The monoisotopic (exact) mass is 258 g/mol. The maximum atomic E-state index is 11.8.